The van der Waals surface area contributed by atoms with Crippen LogP contribution in [0.1, 0.15) is 5.56 Å². The first-order valence-electron chi connectivity index (χ1n) is 11.2. The first-order valence-corrected chi connectivity index (χ1v) is 11.2. The van der Waals surface area contributed by atoms with Crippen LogP contribution in [0.15, 0.2) is 91.0 Å². The van der Waals surface area contributed by atoms with E-state index in [1.807, 2.05) is 0 Å². The minimum atomic E-state index is 0.150. The van der Waals surface area contributed by atoms with Crippen LogP contribution in [0, 0.1) is 6.92 Å². The number of fused-ring (bicyclic) bond motifs is 9. The van der Waals surface area contributed by atoms with Gasteiger partial charge in [0.25, 0.3) is 6.71 Å². The fourth-order valence-corrected chi connectivity index (χ4v) is 6.13. The number of hydrogen-bond donors (Lipinski definition) is 0. The summed E-state index contributed by atoms with van der Waals surface area (Å²) in [5.74, 6) is 1.93. The lowest BCUT2D eigenvalue weighted by atomic mass is 9.34. The standard InChI is InChI=1S/C29H18BNO/c1-17-7-4-10-20-21-11-5-12-22-29(21)31(28(17)20)23-13-6-14-24-27(23)30(22)26-19-9-3-2-8-18(19)15-16-25(26)32-24/h2-16H,1H3. The number of ether oxygens (including phenoxy) is 1. The van der Waals surface area contributed by atoms with Crippen molar-refractivity contribution in [1.29, 1.82) is 0 Å². The minimum Gasteiger partial charge on any atom is -0.458 e. The van der Waals surface area contributed by atoms with E-state index in [-0.39, 0.29) is 6.71 Å². The van der Waals surface area contributed by atoms with E-state index >= 15 is 0 Å². The average molecular weight is 407 g/mol. The highest BCUT2D eigenvalue weighted by Gasteiger charge is 2.41. The number of hydrogen-bond acceptors (Lipinski definition) is 1. The molecule has 3 heterocycles. The molecular weight excluding hydrogens is 389 g/mol. The normalized spacial score (nSPS) is 13.3. The average Bonchev–Trinajstić information content (AvgIpc) is 3.18. The second-order valence-corrected chi connectivity index (χ2v) is 8.97. The SMILES string of the molecule is Cc1cccc2c3cccc4c3n(c12)-c1cccc2c1B4c1c(ccc3ccccc13)O2. The van der Waals surface area contributed by atoms with Gasteiger partial charge in [-0.15, -0.1) is 0 Å². The summed E-state index contributed by atoms with van der Waals surface area (Å²) in [7, 11) is 0. The lowest BCUT2D eigenvalue weighted by Gasteiger charge is -2.34. The molecule has 1 aromatic heterocycles. The summed E-state index contributed by atoms with van der Waals surface area (Å²) >= 11 is 0. The van der Waals surface area contributed by atoms with Gasteiger partial charge in [-0.05, 0) is 57.8 Å². The minimum absolute atomic E-state index is 0.150. The van der Waals surface area contributed by atoms with Crippen molar-refractivity contribution in [3.8, 4) is 17.2 Å². The Kier molecular flexibility index (Phi) is 2.93. The van der Waals surface area contributed by atoms with Gasteiger partial charge in [0.2, 0.25) is 0 Å². The van der Waals surface area contributed by atoms with E-state index in [9.17, 15) is 0 Å². The predicted octanol–water partition coefficient (Wildman–Crippen LogP) is 5.18. The van der Waals surface area contributed by atoms with E-state index in [0.717, 1.165) is 11.5 Å². The third-order valence-corrected chi connectivity index (χ3v) is 7.37. The molecule has 5 aromatic carbocycles. The Balaban J connectivity index is 1.64. The van der Waals surface area contributed by atoms with Crippen LogP contribution >= 0.6 is 0 Å². The summed E-state index contributed by atoms with van der Waals surface area (Å²) in [6, 6.07) is 32.9. The zero-order valence-corrected chi connectivity index (χ0v) is 17.6. The molecule has 2 nitrogen and oxygen atoms in total. The van der Waals surface area contributed by atoms with Crippen molar-refractivity contribution in [3.63, 3.8) is 0 Å². The van der Waals surface area contributed by atoms with Crippen molar-refractivity contribution < 1.29 is 4.74 Å². The van der Waals surface area contributed by atoms with Crippen LogP contribution in [0.3, 0.4) is 0 Å². The third kappa shape index (κ3) is 1.84. The Morgan fingerprint density at radius 1 is 0.625 bits per heavy atom. The molecule has 2 aliphatic heterocycles. The fraction of sp³-hybridized carbons (Fsp3) is 0.0345. The summed E-state index contributed by atoms with van der Waals surface area (Å²) in [6.07, 6.45) is 0. The van der Waals surface area contributed by atoms with Gasteiger partial charge in [-0.1, -0.05) is 72.8 Å². The van der Waals surface area contributed by atoms with Crippen LogP contribution < -0.4 is 21.1 Å². The third-order valence-electron chi connectivity index (χ3n) is 7.37. The van der Waals surface area contributed by atoms with E-state index in [0.29, 0.717) is 0 Å². The fourth-order valence-electron chi connectivity index (χ4n) is 6.13. The van der Waals surface area contributed by atoms with Crippen molar-refractivity contribution in [2.24, 2.45) is 0 Å². The molecule has 0 fully saturated rings. The molecule has 32 heavy (non-hydrogen) atoms. The first-order chi connectivity index (χ1) is 15.8. The molecule has 0 spiro atoms. The molecule has 3 heteroatoms. The van der Waals surface area contributed by atoms with Gasteiger partial charge < -0.3 is 9.30 Å². The Labute approximate surface area is 185 Å². The lowest BCUT2D eigenvalue weighted by Crippen LogP contribution is -2.58. The number of nitrogens with zero attached hydrogens (tertiary/aromatic N) is 1. The molecule has 2 aliphatic rings. The molecule has 0 unspecified atom stereocenters. The Hall–Kier alpha value is -3.98. The maximum Gasteiger partial charge on any atom is 0.257 e. The zero-order chi connectivity index (χ0) is 21.0. The van der Waals surface area contributed by atoms with Crippen molar-refractivity contribution in [1.82, 2.24) is 4.57 Å². The second kappa shape index (κ2) is 5.63. The summed E-state index contributed by atoms with van der Waals surface area (Å²) < 4.78 is 9.03. The largest absolute Gasteiger partial charge is 0.458 e. The number of aryl methyl sites for hydroxylation is 1. The maximum absolute atomic E-state index is 6.55. The van der Waals surface area contributed by atoms with Gasteiger partial charge in [-0.2, -0.15) is 0 Å². The van der Waals surface area contributed by atoms with Crippen molar-refractivity contribution in [2.75, 3.05) is 0 Å². The molecular formula is C29H18BNO. The van der Waals surface area contributed by atoms with E-state index in [1.54, 1.807) is 0 Å². The lowest BCUT2D eigenvalue weighted by molar-refractivity contribution is 0.488. The van der Waals surface area contributed by atoms with Crippen LogP contribution in [0.2, 0.25) is 0 Å². The quantitative estimate of drug-likeness (QED) is 0.316. The van der Waals surface area contributed by atoms with E-state index in [1.165, 1.54) is 60.2 Å². The van der Waals surface area contributed by atoms with Crippen LogP contribution in [0.25, 0.3) is 38.3 Å². The molecule has 8 rings (SSSR count). The summed E-state index contributed by atoms with van der Waals surface area (Å²) in [4.78, 5) is 0. The number of aromatic nitrogens is 1. The van der Waals surface area contributed by atoms with Crippen LogP contribution in [0.5, 0.6) is 11.5 Å². The molecule has 0 saturated carbocycles. The Bertz CT molecular complexity index is 1780. The first kappa shape index (κ1) is 16.7. The number of benzene rings is 5. The van der Waals surface area contributed by atoms with E-state index < -0.39 is 0 Å². The van der Waals surface area contributed by atoms with E-state index in [4.69, 9.17) is 4.74 Å². The van der Waals surface area contributed by atoms with Gasteiger partial charge in [-0.25, -0.2) is 0 Å². The zero-order valence-electron chi connectivity index (χ0n) is 17.6. The highest BCUT2D eigenvalue weighted by molar-refractivity contribution is 7.00. The molecule has 6 aromatic rings. The molecule has 148 valence electrons. The van der Waals surface area contributed by atoms with E-state index in [2.05, 4.69) is 102 Å². The topological polar surface area (TPSA) is 14.2 Å². The van der Waals surface area contributed by atoms with Gasteiger partial charge in [0.15, 0.2) is 0 Å². The summed E-state index contributed by atoms with van der Waals surface area (Å²) in [6.45, 7) is 2.36. The van der Waals surface area contributed by atoms with Crippen LogP contribution in [-0.4, -0.2) is 11.3 Å². The van der Waals surface area contributed by atoms with Crippen molar-refractivity contribution >= 4 is 55.7 Å². The molecule has 0 amide bonds. The second-order valence-electron chi connectivity index (χ2n) is 8.97. The monoisotopic (exact) mass is 407 g/mol. The van der Waals surface area contributed by atoms with Gasteiger partial charge in [0, 0.05) is 22.0 Å². The number of para-hydroxylation sites is 2. The molecule has 0 saturated heterocycles. The van der Waals surface area contributed by atoms with Gasteiger partial charge >= 0.3 is 0 Å². The van der Waals surface area contributed by atoms with Crippen molar-refractivity contribution in [2.45, 2.75) is 6.92 Å². The molecule has 0 radical (unpaired) electrons. The summed E-state index contributed by atoms with van der Waals surface area (Å²) in [5, 5.41) is 5.17. The Morgan fingerprint density at radius 2 is 1.38 bits per heavy atom. The highest BCUT2D eigenvalue weighted by Crippen LogP contribution is 2.38. The molecule has 0 bridgehead atoms. The van der Waals surface area contributed by atoms with Crippen molar-refractivity contribution in [3.05, 3.63) is 96.6 Å². The molecule has 0 atom stereocenters. The molecule has 0 aliphatic carbocycles. The maximum atomic E-state index is 6.55. The highest BCUT2D eigenvalue weighted by atomic mass is 16.5. The Morgan fingerprint density at radius 3 is 2.31 bits per heavy atom. The van der Waals surface area contributed by atoms with Gasteiger partial charge in [-0.3, -0.25) is 0 Å². The smallest absolute Gasteiger partial charge is 0.257 e. The van der Waals surface area contributed by atoms with Gasteiger partial charge in [0.05, 0.1) is 5.52 Å². The summed E-state index contributed by atoms with van der Waals surface area (Å²) in [5.41, 5.74) is 9.07. The van der Waals surface area contributed by atoms with Crippen LogP contribution in [0.4, 0.5) is 0 Å². The van der Waals surface area contributed by atoms with Gasteiger partial charge in [0.1, 0.15) is 11.5 Å². The predicted molar refractivity (Wildman–Crippen MR) is 134 cm³/mol. The molecule has 0 N–H and O–H groups in total. The van der Waals surface area contributed by atoms with Crippen LogP contribution in [-0.2, 0) is 0 Å². The number of rotatable bonds is 0.